The Balaban J connectivity index is 2.12. The lowest BCUT2D eigenvalue weighted by Crippen LogP contribution is -2.51. The number of para-hydroxylation sites is 1. The molecule has 0 fully saturated rings. The molecule has 8 heteroatoms. The summed E-state index contributed by atoms with van der Waals surface area (Å²) in [5, 5.41) is 14.0. The number of amides is 2. The summed E-state index contributed by atoms with van der Waals surface area (Å²) in [6.45, 7) is -1.12. The molecule has 2 aromatic carbocycles. The smallest absolute Gasteiger partial charge is 0.375 e. The van der Waals surface area contributed by atoms with E-state index < -0.39 is 35.7 Å². The first-order valence-corrected chi connectivity index (χ1v) is 6.88. The van der Waals surface area contributed by atoms with Crippen LogP contribution in [0.3, 0.4) is 0 Å². The number of hydrogen-bond acceptors (Lipinski definition) is 2. The van der Waals surface area contributed by atoms with Crippen LogP contribution in [0.2, 0.25) is 0 Å². The van der Waals surface area contributed by atoms with Gasteiger partial charge < -0.3 is 15.7 Å². The highest BCUT2D eigenvalue weighted by atomic mass is 19.4. The lowest BCUT2D eigenvalue weighted by Gasteiger charge is -2.31. The number of aliphatic hydroxyl groups is 1. The quantitative estimate of drug-likeness (QED) is 0.746. The zero-order valence-electron chi connectivity index (χ0n) is 12.3. The summed E-state index contributed by atoms with van der Waals surface area (Å²) in [4.78, 5) is 11.7. The van der Waals surface area contributed by atoms with Gasteiger partial charge in [0.2, 0.25) is 5.60 Å². The van der Waals surface area contributed by atoms with Crippen LogP contribution in [0.25, 0.3) is 0 Å². The number of urea groups is 1. The third kappa shape index (κ3) is 3.83. The molecule has 0 saturated carbocycles. The summed E-state index contributed by atoms with van der Waals surface area (Å²) in [5.41, 5.74) is -3.87. The Bertz CT molecular complexity index is 707. The Labute approximate surface area is 135 Å². The van der Waals surface area contributed by atoms with Crippen LogP contribution in [0.5, 0.6) is 0 Å². The number of anilines is 1. The van der Waals surface area contributed by atoms with Gasteiger partial charge in [0.15, 0.2) is 0 Å². The number of hydrogen-bond donors (Lipinski definition) is 3. The van der Waals surface area contributed by atoms with Gasteiger partial charge in [-0.15, -0.1) is 0 Å². The molecule has 1 unspecified atom stereocenters. The number of benzene rings is 2. The molecule has 2 rings (SSSR count). The fourth-order valence-electron chi connectivity index (χ4n) is 2.02. The Morgan fingerprint density at radius 1 is 1.00 bits per heavy atom. The molecule has 0 spiro atoms. The second kappa shape index (κ2) is 6.88. The average Bonchev–Trinajstić information content (AvgIpc) is 2.54. The lowest BCUT2D eigenvalue weighted by molar-refractivity contribution is -0.263. The summed E-state index contributed by atoms with van der Waals surface area (Å²) in [6.07, 6.45) is -5.01. The van der Waals surface area contributed by atoms with Crippen molar-refractivity contribution in [3.05, 3.63) is 66.0 Å². The van der Waals surface area contributed by atoms with Gasteiger partial charge in [0.25, 0.3) is 0 Å². The molecule has 2 amide bonds. The van der Waals surface area contributed by atoms with Gasteiger partial charge in [-0.2, -0.15) is 13.2 Å². The van der Waals surface area contributed by atoms with E-state index in [9.17, 15) is 27.5 Å². The first-order chi connectivity index (χ1) is 11.2. The largest absolute Gasteiger partial charge is 0.423 e. The molecule has 0 aliphatic carbocycles. The number of halogens is 4. The van der Waals surface area contributed by atoms with Crippen molar-refractivity contribution in [3.8, 4) is 0 Å². The van der Waals surface area contributed by atoms with E-state index in [2.05, 4.69) is 5.32 Å². The van der Waals surface area contributed by atoms with Crippen LogP contribution in [0.15, 0.2) is 54.6 Å². The SMILES string of the molecule is O=C(NCC(O)(c1ccccc1)C(F)(F)F)Nc1ccccc1F. The van der Waals surface area contributed by atoms with Gasteiger partial charge in [0.05, 0.1) is 12.2 Å². The van der Waals surface area contributed by atoms with Crippen molar-refractivity contribution in [1.82, 2.24) is 5.32 Å². The number of carbonyl (C=O) groups is 1. The molecule has 24 heavy (non-hydrogen) atoms. The van der Waals surface area contributed by atoms with E-state index in [1.54, 1.807) is 0 Å². The molecule has 0 bridgehead atoms. The molecule has 128 valence electrons. The maximum absolute atomic E-state index is 13.4. The minimum absolute atomic E-state index is 0.190. The minimum Gasteiger partial charge on any atom is -0.375 e. The molecule has 0 aliphatic rings. The maximum atomic E-state index is 13.4. The minimum atomic E-state index is -5.01. The number of alkyl halides is 3. The molecule has 2 aromatic rings. The Morgan fingerprint density at radius 2 is 1.58 bits per heavy atom. The molecule has 0 saturated heterocycles. The normalized spacial score (nSPS) is 13.9. The van der Waals surface area contributed by atoms with Crippen LogP contribution in [0.1, 0.15) is 5.56 Å². The second-order valence-electron chi connectivity index (χ2n) is 5.01. The molecule has 3 N–H and O–H groups in total. The van der Waals surface area contributed by atoms with Crippen molar-refractivity contribution in [2.45, 2.75) is 11.8 Å². The number of carbonyl (C=O) groups excluding carboxylic acids is 1. The van der Waals surface area contributed by atoms with Gasteiger partial charge in [0.1, 0.15) is 5.82 Å². The van der Waals surface area contributed by atoms with E-state index in [0.717, 1.165) is 18.2 Å². The summed E-state index contributed by atoms with van der Waals surface area (Å²) in [7, 11) is 0. The molecule has 4 nitrogen and oxygen atoms in total. The summed E-state index contributed by atoms with van der Waals surface area (Å²) >= 11 is 0. The van der Waals surface area contributed by atoms with Crippen molar-refractivity contribution in [2.75, 3.05) is 11.9 Å². The van der Waals surface area contributed by atoms with E-state index in [4.69, 9.17) is 0 Å². The zero-order valence-corrected chi connectivity index (χ0v) is 12.3. The van der Waals surface area contributed by atoms with E-state index in [-0.39, 0.29) is 5.69 Å². The third-order valence-electron chi connectivity index (χ3n) is 3.35. The predicted octanol–water partition coefficient (Wildman–Crippen LogP) is 3.40. The van der Waals surface area contributed by atoms with Crippen LogP contribution in [0.4, 0.5) is 28.0 Å². The monoisotopic (exact) mass is 342 g/mol. The Morgan fingerprint density at radius 3 is 2.17 bits per heavy atom. The predicted molar refractivity (Wildman–Crippen MR) is 79.8 cm³/mol. The topological polar surface area (TPSA) is 61.4 Å². The van der Waals surface area contributed by atoms with E-state index in [0.29, 0.717) is 0 Å². The van der Waals surface area contributed by atoms with Gasteiger partial charge in [0, 0.05) is 0 Å². The van der Waals surface area contributed by atoms with Crippen molar-refractivity contribution in [1.29, 1.82) is 0 Å². The fraction of sp³-hybridized carbons (Fsp3) is 0.188. The van der Waals surface area contributed by atoms with Crippen LogP contribution in [0, 0.1) is 5.82 Å². The van der Waals surface area contributed by atoms with Crippen LogP contribution < -0.4 is 10.6 Å². The molecule has 0 radical (unpaired) electrons. The van der Waals surface area contributed by atoms with Gasteiger partial charge in [-0.05, 0) is 17.7 Å². The standard InChI is InChI=1S/C16H14F4N2O2/c17-12-8-4-5-9-13(12)22-14(23)21-10-15(24,16(18,19)20)11-6-2-1-3-7-11/h1-9,24H,10H2,(H2,21,22,23). The summed E-state index contributed by atoms with van der Waals surface area (Å²) in [6, 6.07) is 10.5. The lowest BCUT2D eigenvalue weighted by atomic mass is 9.93. The zero-order chi connectivity index (χ0) is 17.8. The van der Waals surface area contributed by atoms with Gasteiger partial charge in [-0.25, -0.2) is 9.18 Å². The molecular weight excluding hydrogens is 328 g/mol. The van der Waals surface area contributed by atoms with Crippen molar-refractivity contribution in [3.63, 3.8) is 0 Å². The van der Waals surface area contributed by atoms with Crippen molar-refractivity contribution < 1.29 is 27.5 Å². The highest BCUT2D eigenvalue weighted by Crippen LogP contribution is 2.38. The highest BCUT2D eigenvalue weighted by Gasteiger charge is 2.55. The van der Waals surface area contributed by atoms with Crippen LogP contribution >= 0.6 is 0 Å². The third-order valence-corrected chi connectivity index (χ3v) is 3.35. The second-order valence-corrected chi connectivity index (χ2v) is 5.01. The number of rotatable bonds is 4. The molecular formula is C16H14F4N2O2. The molecule has 0 aliphatic heterocycles. The van der Waals surface area contributed by atoms with Gasteiger partial charge >= 0.3 is 12.2 Å². The summed E-state index contributed by atoms with van der Waals surface area (Å²) in [5.74, 6) is -0.734. The van der Waals surface area contributed by atoms with Crippen LogP contribution in [-0.4, -0.2) is 23.9 Å². The Hall–Kier alpha value is -2.61. The van der Waals surface area contributed by atoms with Crippen molar-refractivity contribution in [2.24, 2.45) is 0 Å². The molecule has 0 heterocycles. The van der Waals surface area contributed by atoms with E-state index in [1.807, 2.05) is 5.32 Å². The maximum Gasteiger partial charge on any atom is 0.423 e. The molecule has 1 atom stereocenters. The first kappa shape index (κ1) is 17.7. The van der Waals surface area contributed by atoms with E-state index in [1.165, 1.54) is 36.4 Å². The first-order valence-electron chi connectivity index (χ1n) is 6.88. The Kier molecular flexibility index (Phi) is 5.08. The average molecular weight is 342 g/mol. The fourth-order valence-corrected chi connectivity index (χ4v) is 2.02. The highest BCUT2D eigenvalue weighted by molar-refractivity contribution is 5.89. The van der Waals surface area contributed by atoms with Gasteiger partial charge in [-0.1, -0.05) is 42.5 Å². The number of nitrogens with one attached hydrogen (secondary N) is 2. The van der Waals surface area contributed by atoms with E-state index >= 15 is 0 Å². The van der Waals surface area contributed by atoms with Crippen LogP contribution in [-0.2, 0) is 5.60 Å². The summed E-state index contributed by atoms with van der Waals surface area (Å²) < 4.78 is 53.2. The van der Waals surface area contributed by atoms with Crippen molar-refractivity contribution >= 4 is 11.7 Å². The van der Waals surface area contributed by atoms with Gasteiger partial charge in [-0.3, -0.25) is 0 Å². The molecule has 0 aromatic heterocycles.